The summed E-state index contributed by atoms with van der Waals surface area (Å²) in [5.41, 5.74) is 10.9. The highest BCUT2D eigenvalue weighted by atomic mass is 16.5. The number of hydrogen-bond acceptors (Lipinski definition) is 5. The number of aliphatic hydroxyl groups is 1. The van der Waals surface area contributed by atoms with Gasteiger partial charge in [0, 0.05) is 30.4 Å². The molecule has 0 unspecified atom stereocenters. The summed E-state index contributed by atoms with van der Waals surface area (Å²) >= 11 is 0. The molecule has 1 aromatic heterocycles. The minimum absolute atomic E-state index is 0.0380. The normalized spacial score (nSPS) is 16.6. The maximum absolute atomic E-state index is 9.08. The summed E-state index contributed by atoms with van der Waals surface area (Å²) in [4.78, 5) is 4.72. The number of ether oxygens (including phenoxy) is 2. The molecule has 1 aromatic carbocycles. The van der Waals surface area contributed by atoms with Gasteiger partial charge in [0.1, 0.15) is 6.61 Å². The van der Waals surface area contributed by atoms with E-state index < -0.39 is 0 Å². The van der Waals surface area contributed by atoms with E-state index in [2.05, 4.69) is 19.9 Å². The highest BCUT2D eigenvalue weighted by Gasteiger charge is 2.31. The lowest BCUT2D eigenvalue weighted by molar-refractivity contribution is 0.0548. The van der Waals surface area contributed by atoms with Crippen molar-refractivity contribution in [2.75, 3.05) is 32.2 Å². The van der Waals surface area contributed by atoms with Crippen LogP contribution in [0, 0.1) is 6.92 Å². The molecule has 0 bridgehead atoms. The zero-order valence-corrected chi connectivity index (χ0v) is 14.9. The van der Waals surface area contributed by atoms with Gasteiger partial charge in [-0.05, 0) is 54.7 Å². The number of hydrogen-bond donors (Lipinski definition) is 2. The van der Waals surface area contributed by atoms with Gasteiger partial charge in [-0.2, -0.15) is 0 Å². The zero-order chi connectivity index (χ0) is 17.9. The van der Waals surface area contributed by atoms with Crippen LogP contribution in [-0.2, 0) is 10.2 Å². The molecule has 5 heteroatoms. The Morgan fingerprint density at radius 2 is 2.00 bits per heavy atom. The number of aliphatic hydroxyl groups excluding tert-OH is 1. The van der Waals surface area contributed by atoms with Crippen LogP contribution in [0.2, 0.25) is 0 Å². The fraction of sp³-hybridized carbons (Fsp3) is 0.450. The summed E-state index contributed by atoms with van der Waals surface area (Å²) in [6, 6.07) is 9.97. The van der Waals surface area contributed by atoms with E-state index >= 15 is 0 Å². The number of aromatic nitrogens is 1. The summed E-state index contributed by atoms with van der Waals surface area (Å²) in [5.74, 6) is 0.538. The van der Waals surface area contributed by atoms with Crippen LogP contribution in [0.4, 0.5) is 5.69 Å². The molecular formula is C20H26N2O3. The van der Waals surface area contributed by atoms with Gasteiger partial charge in [0.25, 0.3) is 0 Å². The Bertz CT molecular complexity index is 740. The zero-order valence-electron chi connectivity index (χ0n) is 14.9. The average Bonchev–Trinajstić information content (AvgIpc) is 2.62. The number of anilines is 1. The highest BCUT2D eigenvalue weighted by molar-refractivity contribution is 5.72. The first-order valence-electron chi connectivity index (χ1n) is 8.72. The lowest BCUT2D eigenvalue weighted by Crippen LogP contribution is -2.31. The maximum atomic E-state index is 9.08. The molecule has 134 valence electrons. The number of nitrogens with two attached hydrogens (primary N) is 1. The Morgan fingerprint density at radius 1 is 1.24 bits per heavy atom. The predicted octanol–water partition coefficient (Wildman–Crippen LogP) is 3.08. The van der Waals surface area contributed by atoms with Crippen molar-refractivity contribution >= 4 is 5.69 Å². The molecule has 3 N–H and O–H groups in total. The van der Waals surface area contributed by atoms with Crippen LogP contribution in [0.5, 0.6) is 5.88 Å². The molecule has 1 fully saturated rings. The Hall–Kier alpha value is -2.11. The van der Waals surface area contributed by atoms with E-state index in [-0.39, 0.29) is 18.6 Å². The van der Waals surface area contributed by atoms with Gasteiger partial charge in [-0.1, -0.05) is 13.0 Å². The lowest BCUT2D eigenvalue weighted by Gasteiger charge is -2.33. The molecule has 0 saturated carbocycles. The number of nitrogen functional groups attached to an aromatic ring is 1. The van der Waals surface area contributed by atoms with Crippen LogP contribution in [0.15, 0.2) is 30.3 Å². The lowest BCUT2D eigenvalue weighted by atomic mass is 9.78. The third kappa shape index (κ3) is 3.94. The first-order valence-corrected chi connectivity index (χ1v) is 8.72. The number of benzene rings is 1. The number of rotatable bonds is 5. The molecule has 25 heavy (non-hydrogen) atoms. The van der Waals surface area contributed by atoms with E-state index in [4.69, 9.17) is 25.3 Å². The Kier molecular flexibility index (Phi) is 5.25. The molecule has 2 aromatic rings. The molecule has 0 atom stereocenters. The van der Waals surface area contributed by atoms with Crippen LogP contribution < -0.4 is 10.5 Å². The van der Waals surface area contributed by atoms with Gasteiger partial charge in [-0.15, -0.1) is 0 Å². The summed E-state index contributed by atoms with van der Waals surface area (Å²) < 4.78 is 11.2. The van der Waals surface area contributed by atoms with Gasteiger partial charge in [0.15, 0.2) is 0 Å². The third-order valence-electron chi connectivity index (χ3n) is 4.93. The fourth-order valence-corrected chi connectivity index (χ4v) is 3.22. The van der Waals surface area contributed by atoms with Crippen molar-refractivity contribution in [1.82, 2.24) is 4.98 Å². The Morgan fingerprint density at radius 3 is 2.72 bits per heavy atom. The van der Waals surface area contributed by atoms with Crippen LogP contribution in [-0.4, -0.2) is 36.5 Å². The number of aryl methyl sites for hydroxylation is 1. The Balaban J connectivity index is 2.08. The van der Waals surface area contributed by atoms with Gasteiger partial charge >= 0.3 is 0 Å². The molecule has 2 heterocycles. The summed E-state index contributed by atoms with van der Waals surface area (Å²) in [7, 11) is 0. The molecule has 1 aliphatic heterocycles. The first kappa shape index (κ1) is 17.7. The molecule has 0 aliphatic carbocycles. The molecular weight excluding hydrogens is 316 g/mol. The van der Waals surface area contributed by atoms with Gasteiger partial charge in [0.05, 0.1) is 12.3 Å². The fourth-order valence-electron chi connectivity index (χ4n) is 3.22. The Labute approximate surface area is 148 Å². The van der Waals surface area contributed by atoms with Gasteiger partial charge < -0.3 is 20.3 Å². The third-order valence-corrected chi connectivity index (χ3v) is 4.93. The second kappa shape index (κ2) is 7.42. The largest absolute Gasteiger partial charge is 0.475 e. The smallest absolute Gasteiger partial charge is 0.214 e. The van der Waals surface area contributed by atoms with Crippen molar-refractivity contribution in [3.63, 3.8) is 0 Å². The highest BCUT2D eigenvalue weighted by Crippen LogP contribution is 2.37. The van der Waals surface area contributed by atoms with Crippen molar-refractivity contribution in [2.24, 2.45) is 0 Å². The molecule has 1 saturated heterocycles. The van der Waals surface area contributed by atoms with Crippen LogP contribution in [0.1, 0.15) is 31.0 Å². The topological polar surface area (TPSA) is 77.6 Å². The number of pyridine rings is 1. The summed E-state index contributed by atoms with van der Waals surface area (Å²) in [6.45, 7) is 5.97. The second-order valence-corrected chi connectivity index (χ2v) is 6.90. The van der Waals surface area contributed by atoms with Crippen LogP contribution in [0.25, 0.3) is 11.1 Å². The minimum atomic E-state index is -0.0419. The average molecular weight is 342 g/mol. The quantitative estimate of drug-likeness (QED) is 0.817. The van der Waals surface area contributed by atoms with Gasteiger partial charge in [-0.25, -0.2) is 4.98 Å². The van der Waals surface area contributed by atoms with E-state index in [9.17, 15) is 0 Å². The standard InChI is InChI=1S/C20H26N2O3/c1-14-3-4-16(21)13-17(14)15-11-18(20(2)5-8-24-9-6-20)22-19(12-15)25-10-7-23/h3-4,11-13,23H,5-10,21H2,1-2H3. The van der Waals surface area contributed by atoms with Crippen molar-refractivity contribution in [3.8, 4) is 17.0 Å². The summed E-state index contributed by atoms with van der Waals surface area (Å²) in [6.07, 6.45) is 1.86. The van der Waals surface area contributed by atoms with Crippen molar-refractivity contribution in [1.29, 1.82) is 0 Å². The molecule has 0 spiro atoms. The monoisotopic (exact) mass is 342 g/mol. The van der Waals surface area contributed by atoms with E-state index in [1.165, 1.54) is 0 Å². The molecule has 3 rings (SSSR count). The van der Waals surface area contributed by atoms with Crippen LogP contribution in [0.3, 0.4) is 0 Å². The van der Waals surface area contributed by atoms with Crippen molar-refractivity contribution in [2.45, 2.75) is 32.1 Å². The van der Waals surface area contributed by atoms with E-state index in [1.807, 2.05) is 24.3 Å². The van der Waals surface area contributed by atoms with E-state index in [0.29, 0.717) is 5.88 Å². The van der Waals surface area contributed by atoms with Crippen LogP contribution >= 0.6 is 0 Å². The predicted molar refractivity (Wildman–Crippen MR) is 98.8 cm³/mol. The van der Waals surface area contributed by atoms with Crippen molar-refractivity contribution in [3.05, 3.63) is 41.6 Å². The van der Waals surface area contributed by atoms with E-state index in [1.54, 1.807) is 0 Å². The van der Waals surface area contributed by atoms with Gasteiger partial charge in [-0.3, -0.25) is 0 Å². The molecule has 0 radical (unpaired) electrons. The SMILES string of the molecule is Cc1ccc(N)cc1-c1cc(OCCO)nc(C2(C)CCOCC2)c1. The van der Waals surface area contributed by atoms with E-state index in [0.717, 1.165) is 54.1 Å². The molecule has 5 nitrogen and oxygen atoms in total. The molecule has 0 amide bonds. The second-order valence-electron chi connectivity index (χ2n) is 6.90. The molecule has 1 aliphatic rings. The van der Waals surface area contributed by atoms with Crippen molar-refractivity contribution < 1.29 is 14.6 Å². The maximum Gasteiger partial charge on any atom is 0.214 e. The van der Waals surface area contributed by atoms with Gasteiger partial charge in [0.2, 0.25) is 5.88 Å². The number of nitrogens with zero attached hydrogens (tertiary/aromatic N) is 1. The summed E-state index contributed by atoms with van der Waals surface area (Å²) in [5, 5.41) is 9.08. The minimum Gasteiger partial charge on any atom is -0.475 e. The first-order chi connectivity index (χ1) is 12.0.